The summed E-state index contributed by atoms with van der Waals surface area (Å²) < 4.78 is 2.05. The minimum atomic E-state index is 0.210. The highest BCUT2D eigenvalue weighted by Crippen LogP contribution is 2.10. The molecule has 0 bridgehead atoms. The minimum Gasteiger partial charge on any atom is -0.348 e. The standard InChI is InChI=1S/C14H27N5O/c1-6-19(7-2)13(20)8-9-15-10-12-11-16-14(17(3)4)18(12)5/h11,15H,6-10H2,1-5H3. The molecule has 1 amide bonds. The van der Waals surface area contributed by atoms with Gasteiger partial charge in [0, 0.05) is 53.7 Å². The Kier molecular flexibility index (Phi) is 6.51. The summed E-state index contributed by atoms with van der Waals surface area (Å²) in [6.07, 6.45) is 2.41. The molecule has 0 aliphatic carbocycles. The quantitative estimate of drug-likeness (QED) is 0.717. The van der Waals surface area contributed by atoms with Crippen molar-refractivity contribution in [2.45, 2.75) is 26.8 Å². The lowest BCUT2D eigenvalue weighted by molar-refractivity contribution is -0.130. The summed E-state index contributed by atoms with van der Waals surface area (Å²) in [7, 11) is 5.95. The summed E-state index contributed by atoms with van der Waals surface area (Å²) in [5, 5.41) is 3.30. The Morgan fingerprint density at radius 3 is 2.50 bits per heavy atom. The van der Waals surface area contributed by atoms with Gasteiger partial charge in [-0.3, -0.25) is 4.79 Å². The summed E-state index contributed by atoms with van der Waals surface area (Å²) in [5.74, 6) is 1.14. The molecule has 0 saturated heterocycles. The third kappa shape index (κ3) is 4.23. The Hall–Kier alpha value is -1.56. The van der Waals surface area contributed by atoms with Crippen molar-refractivity contribution in [3.63, 3.8) is 0 Å². The minimum absolute atomic E-state index is 0.210. The van der Waals surface area contributed by atoms with E-state index < -0.39 is 0 Å². The predicted molar refractivity (Wildman–Crippen MR) is 81.8 cm³/mol. The molecule has 20 heavy (non-hydrogen) atoms. The first-order chi connectivity index (χ1) is 9.51. The zero-order valence-electron chi connectivity index (χ0n) is 13.3. The van der Waals surface area contributed by atoms with Gasteiger partial charge in [-0.25, -0.2) is 4.98 Å². The van der Waals surface area contributed by atoms with E-state index in [1.807, 2.05) is 51.0 Å². The van der Waals surface area contributed by atoms with Crippen LogP contribution in [0.25, 0.3) is 0 Å². The van der Waals surface area contributed by atoms with Crippen LogP contribution in [0.5, 0.6) is 0 Å². The molecule has 0 aromatic carbocycles. The van der Waals surface area contributed by atoms with Crippen molar-refractivity contribution in [1.29, 1.82) is 0 Å². The topological polar surface area (TPSA) is 53.4 Å². The molecule has 6 nitrogen and oxygen atoms in total. The first-order valence-electron chi connectivity index (χ1n) is 7.17. The molecule has 0 saturated carbocycles. The summed E-state index contributed by atoms with van der Waals surface area (Å²) >= 11 is 0. The maximum absolute atomic E-state index is 11.8. The van der Waals surface area contributed by atoms with E-state index >= 15 is 0 Å². The van der Waals surface area contributed by atoms with Crippen LogP contribution in [0.2, 0.25) is 0 Å². The third-order valence-electron chi connectivity index (χ3n) is 3.40. The SMILES string of the molecule is CCN(CC)C(=O)CCNCc1cnc(N(C)C)n1C. The molecule has 1 aromatic rings. The smallest absolute Gasteiger partial charge is 0.223 e. The molecule has 0 aliphatic heterocycles. The number of aromatic nitrogens is 2. The Balaban J connectivity index is 2.36. The molecule has 6 heteroatoms. The second-order valence-electron chi connectivity index (χ2n) is 5.00. The van der Waals surface area contributed by atoms with Crippen LogP contribution in [0.4, 0.5) is 5.95 Å². The Bertz CT molecular complexity index is 423. The van der Waals surface area contributed by atoms with Crippen LogP contribution in [-0.2, 0) is 18.4 Å². The van der Waals surface area contributed by atoms with Crippen LogP contribution in [0, 0.1) is 0 Å². The molecule has 0 atom stereocenters. The van der Waals surface area contributed by atoms with Gasteiger partial charge in [0.2, 0.25) is 11.9 Å². The van der Waals surface area contributed by atoms with Gasteiger partial charge in [0.1, 0.15) is 0 Å². The fourth-order valence-electron chi connectivity index (χ4n) is 2.16. The van der Waals surface area contributed by atoms with Gasteiger partial charge in [0.05, 0.1) is 11.9 Å². The van der Waals surface area contributed by atoms with Crippen molar-refractivity contribution in [2.24, 2.45) is 7.05 Å². The molecule has 0 unspecified atom stereocenters. The molecule has 1 heterocycles. The predicted octanol–water partition coefficient (Wildman–Crippen LogP) is 0.834. The Labute approximate surface area is 121 Å². The molecular formula is C14H27N5O. The van der Waals surface area contributed by atoms with Gasteiger partial charge in [0.25, 0.3) is 0 Å². The van der Waals surface area contributed by atoms with Crippen molar-refractivity contribution in [2.75, 3.05) is 38.6 Å². The molecule has 1 N–H and O–H groups in total. The van der Waals surface area contributed by atoms with Crippen LogP contribution < -0.4 is 10.2 Å². The normalized spacial score (nSPS) is 10.7. The fraction of sp³-hybridized carbons (Fsp3) is 0.714. The monoisotopic (exact) mass is 281 g/mol. The van der Waals surface area contributed by atoms with Crippen LogP contribution >= 0.6 is 0 Å². The maximum atomic E-state index is 11.8. The number of imidazole rings is 1. The van der Waals surface area contributed by atoms with Gasteiger partial charge < -0.3 is 19.7 Å². The van der Waals surface area contributed by atoms with Crippen molar-refractivity contribution < 1.29 is 4.79 Å². The summed E-state index contributed by atoms with van der Waals surface area (Å²) in [6, 6.07) is 0. The first kappa shape index (κ1) is 16.5. The Morgan fingerprint density at radius 1 is 1.35 bits per heavy atom. The molecule has 0 spiro atoms. The number of carbonyl (C=O) groups excluding carboxylic acids is 1. The van der Waals surface area contributed by atoms with Gasteiger partial charge >= 0.3 is 0 Å². The lowest BCUT2D eigenvalue weighted by Crippen LogP contribution is -2.32. The van der Waals surface area contributed by atoms with Crippen LogP contribution in [-0.4, -0.2) is 54.1 Å². The molecule has 1 aromatic heterocycles. The first-order valence-corrected chi connectivity index (χ1v) is 7.17. The molecule has 0 radical (unpaired) electrons. The van der Waals surface area contributed by atoms with E-state index in [1.54, 1.807) is 0 Å². The number of amides is 1. The largest absolute Gasteiger partial charge is 0.348 e. The number of rotatable bonds is 8. The zero-order chi connectivity index (χ0) is 15.1. The van der Waals surface area contributed by atoms with Crippen molar-refractivity contribution in [1.82, 2.24) is 19.8 Å². The highest BCUT2D eigenvalue weighted by Gasteiger charge is 2.10. The number of hydrogen-bond donors (Lipinski definition) is 1. The molecule has 114 valence electrons. The van der Waals surface area contributed by atoms with Gasteiger partial charge in [-0.2, -0.15) is 0 Å². The highest BCUT2D eigenvalue weighted by atomic mass is 16.2. The molecule has 0 fully saturated rings. The van der Waals surface area contributed by atoms with Crippen LogP contribution in [0.3, 0.4) is 0 Å². The van der Waals surface area contributed by atoms with Gasteiger partial charge in [0.15, 0.2) is 0 Å². The molecular weight excluding hydrogens is 254 g/mol. The average Bonchev–Trinajstić information content (AvgIpc) is 2.77. The number of carbonyl (C=O) groups is 1. The lowest BCUT2D eigenvalue weighted by Gasteiger charge is -2.18. The van der Waals surface area contributed by atoms with E-state index in [-0.39, 0.29) is 5.91 Å². The molecule has 0 aliphatic rings. The fourth-order valence-corrected chi connectivity index (χ4v) is 2.16. The average molecular weight is 281 g/mol. The van der Waals surface area contributed by atoms with E-state index in [1.165, 1.54) is 0 Å². The molecule has 1 rings (SSSR count). The van der Waals surface area contributed by atoms with E-state index in [4.69, 9.17) is 0 Å². The van der Waals surface area contributed by atoms with E-state index in [9.17, 15) is 4.79 Å². The van der Waals surface area contributed by atoms with Crippen molar-refractivity contribution in [3.8, 4) is 0 Å². The summed E-state index contributed by atoms with van der Waals surface area (Å²) in [6.45, 7) is 6.99. The van der Waals surface area contributed by atoms with E-state index in [2.05, 4.69) is 14.9 Å². The van der Waals surface area contributed by atoms with Crippen LogP contribution in [0.1, 0.15) is 26.0 Å². The number of hydrogen-bond acceptors (Lipinski definition) is 4. The van der Waals surface area contributed by atoms with E-state index in [0.29, 0.717) is 13.0 Å². The van der Waals surface area contributed by atoms with Crippen LogP contribution in [0.15, 0.2) is 6.20 Å². The number of anilines is 1. The van der Waals surface area contributed by atoms with Crippen molar-refractivity contribution in [3.05, 3.63) is 11.9 Å². The Morgan fingerprint density at radius 2 is 2.00 bits per heavy atom. The summed E-state index contributed by atoms with van der Waals surface area (Å²) in [5.41, 5.74) is 1.11. The van der Waals surface area contributed by atoms with Crippen molar-refractivity contribution >= 4 is 11.9 Å². The number of nitrogens with zero attached hydrogens (tertiary/aromatic N) is 4. The third-order valence-corrected chi connectivity index (χ3v) is 3.40. The van der Waals surface area contributed by atoms with Gasteiger partial charge in [-0.05, 0) is 13.8 Å². The second kappa shape index (κ2) is 7.89. The summed E-state index contributed by atoms with van der Waals surface area (Å²) in [4.78, 5) is 20.0. The van der Waals surface area contributed by atoms with Gasteiger partial charge in [-0.1, -0.05) is 0 Å². The van der Waals surface area contributed by atoms with E-state index in [0.717, 1.165) is 31.3 Å². The van der Waals surface area contributed by atoms with Gasteiger partial charge in [-0.15, -0.1) is 0 Å². The maximum Gasteiger partial charge on any atom is 0.223 e. The highest BCUT2D eigenvalue weighted by molar-refractivity contribution is 5.76. The number of nitrogens with one attached hydrogen (secondary N) is 1. The lowest BCUT2D eigenvalue weighted by atomic mass is 10.3. The second-order valence-corrected chi connectivity index (χ2v) is 5.00. The zero-order valence-corrected chi connectivity index (χ0v) is 13.3.